The SMILES string of the molecule is CC(C)NS(=O)(=O)c1ccc(C(=O)N2CCSc3ccccc32)cc1. The summed E-state index contributed by atoms with van der Waals surface area (Å²) in [6, 6.07) is 13.7. The van der Waals surface area contributed by atoms with Crippen LogP contribution >= 0.6 is 11.8 Å². The number of hydrogen-bond acceptors (Lipinski definition) is 4. The Balaban J connectivity index is 1.85. The van der Waals surface area contributed by atoms with Crippen molar-refractivity contribution in [3.8, 4) is 0 Å². The van der Waals surface area contributed by atoms with Gasteiger partial charge in [-0.3, -0.25) is 4.79 Å². The van der Waals surface area contributed by atoms with Crippen molar-refractivity contribution in [3.63, 3.8) is 0 Å². The van der Waals surface area contributed by atoms with E-state index in [1.54, 1.807) is 42.6 Å². The maximum atomic E-state index is 12.9. The van der Waals surface area contributed by atoms with Gasteiger partial charge in [-0.25, -0.2) is 13.1 Å². The Morgan fingerprint density at radius 1 is 1.12 bits per heavy atom. The highest BCUT2D eigenvalue weighted by Gasteiger charge is 2.24. The number of hydrogen-bond donors (Lipinski definition) is 1. The molecule has 25 heavy (non-hydrogen) atoms. The minimum absolute atomic E-state index is 0.117. The summed E-state index contributed by atoms with van der Waals surface area (Å²) in [4.78, 5) is 15.8. The summed E-state index contributed by atoms with van der Waals surface area (Å²) in [6.07, 6.45) is 0. The maximum Gasteiger partial charge on any atom is 0.258 e. The number of amides is 1. The number of carbonyl (C=O) groups excluding carboxylic acids is 1. The minimum atomic E-state index is -3.55. The van der Waals surface area contributed by atoms with Gasteiger partial charge in [0.15, 0.2) is 0 Å². The third kappa shape index (κ3) is 3.89. The molecule has 0 aromatic heterocycles. The number of carbonyl (C=O) groups is 1. The molecule has 0 saturated heterocycles. The largest absolute Gasteiger partial charge is 0.306 e. The first kappa shape index (κ1) is 18.0. The molecular formula is C18H20N2O3S2. The van der Waals surface area contributed by atoms with Crippen LogP contribution in [0.1, 0.15) is 24.2 Å². The van der Waals surface area contributed by atoms with Crippen LogP contribution in [0, 0.1) is 0 Å². The lowest BCUT2D eigenvalue weighted by Crippen LogP contribution is -2.35. The summed E-state index contributed by atoms with van der Waals surface area (Å²) < 4.78 is 26.9. The molecule has 0 unspecified atom stereocenters. The van der Waals surface area contributed by atoms with E-state index in [4.69, 9.17) is 0 Å². The van der Waals surface area contributed by atoms with Gasteiger partial charge in [-0.1, -0.05) is 12.1 Å². The van der Waals surface area contributed by atoms with E-state index in [1.807, 2.05) is 24.3 Å². The van der Waals surface area contributed by atoms with Crippen LogP contribution in [0.3, 0.4) is 0 Å². The summed E-state index contributed by atoms with van der Waals surface area (Å²) in [7, 11) is -3.55. The molecule has 0 fully saturated rings. The summed E-state index contributed by atoms with van der Waals surface area (Å²) in [5.41, 5.74) is 1.38. The maximum absolute atomic E-state index is 12.9. The molecule has 5 nitrogen and oxygen atoms in total. The lowest BCUT2D eigenvalue weighted by molar-refractivity contribution is 0.0987. The Kier molecular flexibility index (Phi) is 5.17. The van der Waals surface area contributed by atoms with E-state index in [2.05, 4.69) is 4.72 Å². The summed E-state index contributed by atoms with van der Waals surface area (Å²) >= 11 is 1.74. The molecule has 0 bridgehead atoms. The molecule has 1 aliphatic rings. The van der Waals surface area contributed by atoms with Gasteiger partial charge in [0.1, 0.15) is 0 Å². The van der Waals surface area contributed by atoms with Gasteiger partial charge in [0, 0.05) is 28.8 Å². The fourth-order valence-electron chi connectivity index (χ4n) is 2.69. The van der Waals surface area contributed by atoms with Crippen LogP contribution in [-0.2, 0) is 10.0 Å². The van der Waals surface area contributed by atoms with Gasteiger partial charge in [0.05, 0.1) is 10.6 Å². The van der Waals surface area contributed by atoms with Crippen molar-refractivity contribution >= 4 is 33.4 Å². The van der Waals surface area contributed by atoms with Gasteiger partial charge in [-0.05, 0) is 50.2 Å². The molecule has 2 aromatic rings. The first-order chi connectivity index (χ1) is 11.9. The van der Waals surface area contributed by atoms with Crippen LogP contribution < -0.4 is 9.62 Å². The number of sulfonamides is 1. The van der Waals surface area contributed by atoms with Gasteiger partial charge in [-0.15, -0.1) is 11.8 Å². The van der Waals surface area contributed by atoms with Crippen LogP contribution in [0.15, 0.2) is 58.3 Å². The lowest BCUT2D eigenvalue weighted by Gasteiger charge is -2.29. The Morgan fingerprint density at radius 3 is 2.48 bits per heavy atom. The number of nitrogens with one attached hydrogen (secondary N) is 1. The highest BCUT2D eigenvalue weighted by atomic mass is 32.2. The number of fused-ring (bicyclic) bond motifs is 1. The molecule has 0 saturated carbocycles. The second-order valence-corrected chi connectivity index (χ2v) is 8.92. The number of rotatable bonds is 4. The zero-order valence-electron chi connectivity index (χ0n) is 14.1. The van der Waals surface area contributed by atoms with E-state index in [0.29, 0.717) is 12.1 Å². The van der Waals surface area contributed by atoms with Crippen molar-refractivity contribution in [2.75, 3.05) is 17.2 Å². The van der Waals surface area contributed by atoms with E-state index >= 15 is 0 Å². The zero-order valence-corrected chi connectivity index (χ0v) is 15.7. The quantitative estimate of drug-likeness (QED) is 0.890. The monoisotopic (exact) mass is 376 g/mol. The first-order valence-electron chi connectivity index (χ1n) is 8.04. The molecule has 0 aliphatic carbocycles. The molecule has 0 atom stereocenters. The van der Waals surface area contributed by atoms with Gasteiger partial charge in [0.25, 0.3) is 5.91 Å². The van der Waals surface area contributed by atoms with E-state index in [9.17, 15) is 13.2 Å². The van der Waals surface area contributed by atoms with Crippen molar-refractivity contribution in [2.45, 2.75) is 29.7 Å². The molecule has 1 aliphatic heterocycles. The van der Waals surface area contributed by atoms with E-state index in [-0.39, 0.29) is 16.8 Å². The third-order valence-corrected chi connectivity index (χ3v) is 6.49. The predicted molar refractivity (Wildman–Crippen MR) is 101 cm³/mol. The Bertz CT molecular complexity index is 877. The normalized spacial score (nSPS) is 14.4. The Morgan fingerprint density at radius 2 is 1.80 bits per heavy atom. The Labute approximate surface area is 152 Å². The third-order valence-electron chi connectivity index (χ3n) is 3.78. The first-order valence-corrected chi connectivity index (χ1v) is 10.5. The molecule has 0 radical (unpaired) electrons. The molecule has 7 heteroatoms. The summed E-state index contributed by atoms with van der Waals surface area (Å²) in [5, 5.41) is 0. The molecule has 1 N–H and O–H groups in total. The minimum Gasteiger partial charge on any atom is -0.306 e. The number of benzene rings is 2. The standard InChI is InChI=1S/C18H20N2O3S2/c1-13(2)19-25(22,23)15-9-7-14(8-10-15)18(21)20-11-12-24-17-6-4-3-5-16(17)20/h3-10,13,19H,11-12H2,1-2H3. The molecule has 0 spiro atoms. The van der Waals surface area contributed by atoms with Crippen molar-refractivity contribution < 1.29 is 13.2 Å². The fourth-order valence-corrected chi connectivity index (χ4v) is 4.94. The predicted octanol–water partition coefficient (Wildman–Crippen LogP) is 3.13. The molecular weight excluding hydrogens is 356 g/mol. The van der Waals surface area contributed by atoms with Gasteiger partial charge in [-0.2, -0.15) is 0 Å². The molecule has 1 heterocycles. The molecule has 3 rings (SSSR count). The number of nitrogens with zero attached hydrogens (tertiary/aromatic N) is 1. The number of para-hydroxylation sites is 1. The van der Waals surface area contributed by atoms with Gasteiger partial charge < -0.3 is 4.90 Å². The summed E-state index contributed by atoms with van der Waals surface area (Å²) in [5.74, 6) is 0.724. The number of anilines is 1. The van der Waals surface area contributed by atoms with Crippen molar-refractivity contribution in [2.24, 2.45) is 0 Å². The number of thioether (sulfide) groups is 1. The van der Waals surface area contributed by atoms with Crippen molar-refractivity contribution in [1.29, 1.82) is 0 Å². The van der Waals surface area contributed by atoms with Gasteiger partial charge >= 0.3 is 0 Å². The van der Waals surface area contributed by atoms with Crippen LogP contribution in [0.25, 0.3) is 0 Å². The van der Waals surface area contributed by atoms with Crippen LogP contribution in [0.4, 0.5) is 5.69 Å². The van der Waals surface area contributed by atoms with E-state index < -0.39 is 10.0 Å². The van der Waals surface area contributed by atoms with Crippen LogP contribution in [-0.4, -0.2) is 32.7 Å². The van der Waals surface area contributed by atoms with Crippen molar-refractivity contribution in [1.82, 2.24) is 4.72 Å². The van der Waals surface area contributed by atoms with E-state index in [1.165, 1.54) is 12.1 Å². The fraction of sp³-hybridized carbons (Fsp3) is 0.278. The highest BCUT2D eigenvalue weighted by Crippen LogP contribution is 2.35. The van der Waals surface area contributed by atoms with Crippen molar-refractivity contribution in [3.05, 3.63) is 54.1 Å². The average molecular weight is 377 g/mol. The van der Waals surface area contributed by atoms with Crippen LogP contribution in [0.5, 0.6) is 0 Å². The molecule has 132 valence electrons. The second kappa shape index (κ2) is 7.19. The molecule has 2 aromatic carbocycles. The van der Waals surface area contributed by atoms with Crippen LogP contribution in [0.2, 0.25) is 0 Å². The summed E-state index contributed by atoms with van der Waals surface area (Å²) in [6.45, 7) is 4.16. The Hall–Kier alpha value is -1.83. The average Bonchev–Trinajstić information content (AvgIpc) is 2.60. The zero-order chi connectivity index (χ0) is 18.0. The smallest absolute Gasteiger partial charge is 0.258 e. The molecule has 1 amide bonds. The highest BCUT2D eigenvalue weighted by molar-refractivity contribution is 7.99. The van der Waals surface area contributed by atoms with E-state index in [0.717, 1.165) is 16.3 Å². The second-order valence-electron chi connectivity index (χ2n) is 6.07. The van der Waals surface area contributed by atoms with Gasteiger partial charge in [0.2, 0.25) is 10.0 Å². The topological polar surface area (TPSA) is 66.5 Å². The lowest BCUT2D eigenvalue weighted by atomic mass is 10.1.